The lowest BCUT2D eigenvalue weighted by Gasteiger charge is -2.25. The Labute approximate surface area is 87.4 Å². The van der Waals surface area contributed by atoms with Crippen LogP contribution >= 0.6 is 12.2 Å². The molecule has 0 aliphatic carbocycles. The average molecular weight is 220 g/mol. The van der Waals surface area contributed by atoms with E-state index in [1.807, 2.05) is 0 Å². The Morgan fingerprint density at radius 1 is 1.46 bits per heavy atom. The van der Waals surface area contributed by atoms with Gasteiger partial charge in [0.2, 0.25) is 0 Å². The van der Waals surface area contributed by atoms with Gasteiger partial charge in [0.05, 0.1) is 0 Å². The third kappa shape index (κ3) is 8.40. The van der Waals surface area contributed by atoms with Gasteiger partial charge in [0.25, 0.3) is 0 Å². The first-order valence-electron chi connectivity index (χ1n) is 4.73. The molecule has 0 heterocycles. The smallest absolute Gasteiger partial charge is 0.187 e. The molecule has 0 aliphatic heterocycles. The summed E-state index contributed by atoms with van der Waals surface area (Å²) in [5, 5.41) is 8.96. The van der Waals surface area contributed by atoms with Gasteiger partial charge in [-0.05, 0) is 51.6 Å². The van der Waals surface area contributed by atoms with Gasteiger partial charge in [0, 0.05) is 12.5 Å². The van der Waals surface area contributed by atoms with Crippen molar-refractivity contribution in [1.29, 1.82) is 0 Å². The molecule has 0 unspecified atom stereocenters. The molecule has 0 spiro atoms. The standard InChI is InChI=1S/C9H20O2SSi/c1-8(2)11-13(3,4)7-5-6-9(10)12/h8H,5-7H2,1-4H3,(H,10,12). The average Bonchev–Trinajstić information content (AvgIpc) is 1.81. The van der Waals surface area contributed by atoms with Crippen molar-refractivity contribution in [3.63, 3.8) is 0 Å². The van der Waals surface area contributed by atoms with Crippen LogP contribution in [0.3, 0.4) is 0 Å². The molecular formula is C9H20O2SSi. The van der Waals surface area contributed by atoms with E-state index in [2.05, 4.69) is 39.2 Å². The summed E-state index contributed by atoms with van der Waals surface area (Å²) in [7, 11) is -1.50. The van der Waals surface area contributed by atoms with Crippen molar-refractivity contribution in [2.24, 2.45) is 0 Å². The van der Waals surface area contributed by atoms with E-state index in [0.717, 1.165) is 12.5 Å². The van der Waals surface area contributed by atoms with E-state index in [0.29, 0.717) is 12.5 Å². The summed E-state index contributed by atoms with van der Waals surface area (Å²) < 4.78 is 5.83. The summed E-state index contributed by atoms with van der Waals surface area (Å²) in [6.07, 6.45) is 1.89. The predicted molar refractivity (Wildman–Crippen MR) is 63.0 cm³/mol. The molecule has 78 valence electrons. The molecule has 2 nitrogen and oxygen atoms in total. The van der Waals surface area contributed by atoms with Gasteiger partial charge in [-0.3, -0.25) is 0 Å². The third-order valence-electron chi connectivity index (χ3n) is 1.72. The number of aliphatic hydroxyl groups is 1. The Balaban J connectivity index is 3.68. The van der Waals surface area contributed by atoms with Crippen molar-refractivity contribution in [3.05, 3.63) is 0 Å². The van der Waals surface area contributed by atoms with Gasteiger partial charge in [0.1, 0.15) is 0 Å². The molecular weight excluding hydrogens is 200 g/mol. The Morgan fingerprint density at radius 2 is 2.00 bits per heavy atom. The SMILES string of the molecule is CC(C)O[Si](C)(C)CCCC(O)=S. The third-order valence-corrected chi connectivity index (χ3v) is 4.60. The Morgan fingerprint density at radius 3 is 2.38 bits per heavy atom. The predicted octanol–water partition coefficient (Wildman–Crippen LogP) is 3.28. The molecule has 0 amide bonds. The topological polar surface area (TPSA) is 29.5 Å². The van der Waals surface area contributed by atoms with Crippen molar-refractivity contribution in [1.82, 2.24) is 0 Å². The van der Waals surface area contributed by atoms with Gasteiger partial charge in [-0.2, -0.15) is 0 Å². The van der Waals surface area contributed by atoms with E-state index in [1.165, 1.54) is 0 Å². The fourth-order valence-electron chi connectivity index (χ4n) is 1.36. The van der Waals surface area contributed by atoms with Crippen LogP contribution in [0.4, 0.5) is 0 Å². The fraction of sp³-hybridized carbons (Fsp3) is 0.889. The maximum absolute atomic E-state index is 8.84. The zero-order valence-corrected chi connectivity index (χ0v) is 10.8. The molecule has 0 bridgehead atoms. The molecule has 13 heavy (non-hydrogen) atoms. The maximum Gasteiger partial charge on any atom is 0.187 e. The lowest BCUT2D eigenvalue weighted by atomic mass is 10.4. The van der Waals surface area contributed by atoms with E-state index in [1.54, 1.807) is 0 Å². The van der Waals surface area contributed by atoms with Gasteiger partial charge in [-0.25, -0.2) is 0 Å². The van der Waals surface area contributed by atoms with Crippen LogP contribution in [0.5, 0.6) is 0 Å². The van der Waals surface area contributed by atoms with E-state index in [4.69, 9.17) is 9.53 Å². The molecule has 0 saturated carbocycles. The molecule has 0 aromatic carbocycles. The monoisotopic (exact) mass is 220 g/mol. The van der Waals surface area contributed by atoms with Crippen LogP contribution in [0.2, 0.25) is 19.1 Å². The molecule has 4 heteroatoms. The first kappa shape index (κ1) is 13.1. The lowest BCUT2D eigenvalue weighted by molar-refractivity contribution is 0.231. The van der Waals surface area contributed by atoms with Crippen LogP contribution in [0.25, 0.3) is 0 Å². The molecule has 0 aromatic heterocycles. The van der Waals surface area contributed by atoms with Crippen LogP contribution in [0, 0.1) is 0 Å². The van der Waals surface area contributed by atoms with Crippen LogP contribution in [0.1, 0.15) is 26.7 Å². The maximum atomic E-state index is 8.84. The highest BCUT2D eigenvalue weighted by Gasteiger charge is 2.23. The molecule has 0 aliphatic rings. The van der Waals surface area contributed by atoms with E-state index >= 15 is 0 Å². The first-order valence-corrected chi connectivity index (χ1v) is 8.25. The Bertz CT molecular complexity index is 169. The largest absolute Gasteiger partial charge is 0.502 e. The summed E-state index contributed by atoms with van der Waals surface area (Å²) >= 11 is 4.60. The molecule has 0 atom stereocenters. The van der Waals surface area contributed by atoms with Crippen LogP contribution in [-0.4, -0.2) is 24.6 Å². The highest BCUT2D eigenvalue weighted by molar-refractivity contribution is 7.80. The number of hydrogen-bond donors (Lipinski definition) is 1. The lowest BCUT2D eigenvalue weighted by Crippen LogP contribution is -2.33. The number of hydrogen-bond acceptors (Lipinski definition) is 2. The van der Waals surface area contributed by atoms with Crippen molar-refractivity contribution in [2.75, 3.05) is 0 Å². The van der Waals surface area contributed by atoms with Gasteiger partial charge in [-0.15, -0.1) is 0 Å². The fourth-order valence-corrected chi connectivity index (χ4v) is 3.93. The summed E-state index contributed by atoms with van der Waals surface area (Å²) in [6, 6.07) is 1.06. The highest BCUT2D eigenvalue weighted by Crippen LogP contribution is 2.17. The number of rotatable bonds is 6. The summed E-state index contributed by atoms with van der Waals surface area (Å²) in [5.74, 6) is 0. The second-order valence-electron chi connectivity index (χ2n) is 4.17. The summed E-state index contributed by atoms with van der Waals surface area (Å²) in [6.45, 7) is 8.53. The van der Waals surface area contributed by atoms with Crippen molar-refractivity contribution >= 4 is 25.6 Å². The van der Waals surface area contributed by atoms with Gasteiger partial charge >= 0.3 is 0 Å². The van der Waals surface area contributed by atoms with Crippen molar-refractivity contribution in [3.8, 4) is 0 Å². The molecule has 0 fully saturated rings. The Hall–Kier alpha value is 0.0669. The molecule has 0 aromatic rings. The number of thiocarbonyl (C=S) groups is 1. The molecule has 0 rings (SSSR count). The minimum Gasteiger partial charge on any atom is -0.502 e. The van der Waals surface area contributed by atoms with Gasteiger partial charge in [0.15, 0.2) is 13.4 Å². The zero-order valence-electron chi connectivity index (χ0n) is 8.96. The van der Waals surface area contributed by atoms with Crippen LogP contribution in [-0.2, 0) is 4.43 Å². The second-order valence-corrected chi connectivity index (χ2v) is 8.90. The van der Waals surface area contributed by atoms with Crippen LogP contribution in [0.15, 0.2) is 0 Å². The van der Waals surface area contributed by atoms with E-state index in [9.17, 15) is 0 Å². The minimum absolute atomic E-state index is 0.120. The summed E-state index contributed by atoms with van der Waals surface area (Å²) in [4.78, 5) is 0. The van der Waals surface area contributed by atoms with Crippen molar-refractivity contribution < 1.29 is 9.53 Å². The van der Waals surface area contributed by atoms with Crippen LogP contribution < -0.4 is 0 Å². The quantitative estimate of drug-likeness (QED) is 0.550. The molecule has 1 N–H and O–H groups in total. The number of aliphatic hydroxyl groups excluding tert-OH is 1. The molecule has 0 saturated heterocycles. The Kier molecular flexibility index (Phi) is 5.75. The van der Waals surface area contributed by atoms with Crippen molar-refractivity contribution in [2.45, 2.75) is 51.9 Å². The summed E-state index contributed by atoms with van der Waals surface area (Å²) in [5.41, 5.74) is 0. The molecule has 0 radical (unpaired) electrons. The zero-order chi connectivity index (χ0) is 10.5. The normalized spacial score (nSPS) is 12.1. The minimum atomic E-state index is -1.50. The highest BCUT2D eigenvalue weighted by atomic mass is 32.1. The second kappa shape index (κ2) is 5.73. The van der Waals surface area contributed by atoms with E-state index in [-0.39, 0.29) is 5.05 Å². The van der Waals surface area contributed by atoms with Gasteiger partial charge in [-0.1, -0.05) is 0 Å². The first-order chi connectivity index (χ1) is 5.83. The van der Waals surface area contributed by atoms with Gasteiger partial charge < -0.3 is 9.53 Å². The van der Waals surface area contributed by atoms with E-state index < -0.39 is 8.32 Å².